The number of likely N-dealkylation sites (N-methyl/N-ethyl adjacent to an activating group) is 1. The normalized spacial score (nSPS) is 21.9. The molecule has 1 N–H and O–H groups in total. The highest BCUT2D eigenvalue weighted by molar-refractivity contribution is 7.10. The number of hydrogen-bond acceptors (Lipinski definition) is 4. The molecule has 1 atom stereocenters. The molecule has 96 valence electrons. The summed E-state index contributed by atoms with van der Waals surface area (Å²) in [4.78, 5) is 3.89. The highest BCUT2D eigenvalue weighted by Crippen LogP contribution is 2.14. The molecule has 1 aliphatic rings. The van der Waals surface area contributed by atoms with Gasteiger partial charge in [0, 0.05) is 31.1 Å². The standard InChI is InChI=1S/C13H22N2OS/c1-3-15-5-6-16-12(10-15)8-14-9-13-11(2)4-7-17-13/h4,7,12,14H,3,5-6,8-10H2,1-2H3/t12-/m1/s1. The highest BCUT2D eigenvalue weighted by atomic mass is 32.1. The molecule has 17 heavy (non-hydrogen) atoms. The van der Waals surface area contributed by atoms with Gasteiger partial charge in [0.2, 0.25) is 0 Å². The van der Waals surface area contributed by atoms with Gasteiger partial charge in [-0.25, -0.2) is 0 Å². The van der Waals surface area contributed by atoms with Crippen molar-refractivity contribution in [1.29, 1.82) is 0 Å². The summed E-state index contributed by atoms with van der Waals surface area (Å²) in [5.41, 5.74) is 1.39. The first-order chi connectivity index (χ1) is 8.29. The van der Waals surface area contributed by atoms with Gasteiger partial charge in [-0.3, -0.25) is 4.90 Å². The van der Waals surface area contributed by atoms with Gasteiger partial charge in [0.05, 0.1) is 12.7 Å². The van der Waals surface area contributed by atoms with Crippen LogP contribution < -0.4 is 5.32 Å². The summed E-state index contributed by atoms with van der Waals surface area (Å²) in [6.45, 7) is 10.4. The van der Waals surface area contributed by atoms with Gasteiger partial charge in [-0.15, -0.1) is 11.3 Å². The maximum atomic E-state index is 5.76. The van der Waals surface area contributed by atoms with Gasteiger partial charge in [-0.05, 0) is 30.5 Å². The van der Waals surface area contributed by atoms with Crippen molar-refractivity contribution in [2.24, 2.45) is 0 Å². The van der Waals surface area contributed by atoms with Crippen LogP contribution in [-0.4, -0.2) is 43.8 Å². The molecule has 1 aromatic heterocycles. The van der Waals surface area contributed by atoms with Crippen molar-refractivity contribution in [3.05, 3.63) is 21.9 Å². The zero-order valence-corrected chi connectivity index (χ0v) is 11.6. The van der Waals surface area contributed by atoms with Crippen LogP contribution in [0.2, 0.25) is 0 Å². The van der Waals surface area contributed by atoms with E-state index in [0.29, 0.717) is 6.10 Å². The minimum Gasteiger partial charge on any atom is -0.374 e. The van der Waals surface area contributed by atoms with E-state index >= 15 is 0 Å². The Morgan fingerprint density at radius 1 is 1.59 bits per heavy atom. The van der Waals surface area contributed by atoms with E-state index in [9.17, 15) is 0 Å². The molecule has 0 saturated carbocycles. The van der Waals surface area contributed by atoms with Gasteiger partial charge in [0.1, 0.15) is 0 Å². The summed E-state index contributed by atoms with van der Waals surface area (Å²) in [5, 5.41) is 5.66. The Morgan fingerprint density at radius 2 is 2.47 bits per heavy atom. The van der Waals surface area contributed by atoms with Crippen molar-refractivity contribution in [1.82, 2.24) is 10.2 Å². The number of morpholine rings is 1. The number of ether oxygens (including phenoxy) is 1. The van der Waals surface area contributed by atoms with E-state index in [-0.39, 0.29) is 0 Å². The molecule has 1 aliphatic heterocycles. The molecule has 0 radical (unpaired) electrons. The summed E-state index contributed by atoms with van der Waals surface area (Å²) in [6, 6.07) is 2.18. The van der Waals surface area contributed by atoms with Crippen molar-refractivity contribution in [3.63, 3.8) is 0 Å². The van der Waals surface area contributed by atoms with E-state index in [1.165, 1.54) is 10.4 Å². The lowest BCUT2D eigenvalue weighted by atomic mass is 10.2. The Hall–Kier alpha value is -0.420. The van der Waals surface area contributed by atoms with E-state index in [2.05, 4.69) is 35.5 Å². The molecule has 0 unspecified atom stereocenters. The molecule has 0 aromatic carbocycles. The van der Waals surface area contributed by atoms with Crippen LogP contribution in [-0.2, 0) is 11.3 Å². The van der Waals surface area contributed by atoms with Gasteiger partial charge in [0.15, 0.2) is 0 Å². The molecule has 3 nitrogen and oxygen atoms in total. The fraction of sp³-hybridized carbons (Fsp3) is 0.692. The van der Waals surface area contributed by atoms with Crippen molar-refractivity contribution in [3.8, 4) is 0 Å². The average molecular weight is 254 g/mol. The minimum absolute atomic E-state index is 0.351. The first kappa shape index (κ1) is 13.0. The molecule has 4 heteroatoms. The van der Waals surface area contributed by atoms with Crippen LogP contribution >= 0.6 is 11.3 Å². The second kappa shape index (κ2) is 6.50. The second-order valence-corrected chi connectivity index (χ2v) is 5.54. The first-order valence-corrected chi connectivity index (χ1v) is 7.25. The largest absolute Gasteiger partial charge is 0.374 e. The second-order valence-electron chi connectivity index (χ2n) is 4.54. The third kappa shape index (κ3) is 3.78. The van der Waals surface area contributed by atoms with Crippen LogP contribution in [0.25, 0.3) is 0 Å². The Labute approximate surface area is 108 Å². The number of aryl methyl sites for hydroxylation is 1. The van der Waals surface area contributed by atoms with Crippen molar-refractivity contribution >= 4 is 11.3 Å². The summed E-state index contributed by atoms with van der Waals surface area (Å²) >= 11 is 1.83. The summed E-state index contributed by atoms with van der Waals surface area (Å²) in [6.07, 6.45) is 0.351. The van der Waals surface area contributed by atoms with Gasteiger partial charge in [-0.1, -0.05) is 6.92 Å². The van der Waals surface area contributed by atoms with Gasteiger partial charge in [0.25, 0.3) is 0 Å². The SMILES string of the molecule is CCN1CCO[C@H](CNCc2sccc2C)C1. The van der Waals surface area contributed by atoms with Crippen molar-refractivity contribution < 1.29 is 4.74 Å². The van der Waals surface area contributed by atoms with Crippen LogP contribution in [0.3, 0.4) is 0 Å². The van der Waals surface area contributed by atoms with Gasteiger partial charge in [-0.2, -0.15) is 0 Å². The van der Waals surface area contributed by atoms with Crippen LogP contribution in [0.1, 0.15) is 17.4 Å². The molecule has 1 fully saturated rings. The van der Waals surface area contributed by atoms with Crippen LogP contribution in [0.15, 0.2) is 11.4 Å². The first-order valence-electron chi connectivity index (χ1n) is 6.37. The molecular weight excluding hydrogens is 232 g/mol. The number of rotatable bonds is 5. The lowest BCUT2D eigenvalue weighted by Crippen LogP contribution is -2.46. The maximum absolute atomic E-state index is 5.76. The van der Waals surface area contributed by atoms with E-state index in [0.717, 1.165) is 39.3 Å². The quantitative estimate of drug-likeness (QED) is 0.868. The monoisotopic (exact) mass is 254 g/mol. The van der Waals surface area contributed by atoms with Crippen molar-refractivity contribution in [2.75, 3.05) is 32.8 Å². The van der Waals surface area contributed by atoms with Gasteiger partial charge >= 0.3 is 0 Å². The topological polar surface area (TPSA) is 24.5 Å². The lowest BCUT2D eigenvalue weighted by Gasteiger charge is -2.32. The minimum atomic E-state index is 0.351. The molecule has 2 heterocycles. The van der Waals surface area contributed by atoms with E-state index in [1.54, 1.807) is 0 Å². The number of nitrogens with one attached hydrogen (secondary N) is 1. The average Bonchev–Trinajstić information content (AvgIpc) is 2.76. The predicted molar refractivity (Wildman–Crippen MR) is 72.6 cm³/mol. The molecule has 0 bridgehead atoms. The number of nitrogens with zero attached hydrogens (tertiary/aromatic N) is 1. The fourth-order valence-corrected chi connectivity index (χ4v) is 3.00. The molecular formula is C13H22N2OS. The Kier molecular flexibility index (Phi) is 4.98. The smallest absolute Gasteiger partial charge is 0.0826 e. The fourth-order valence-electron chi connectivity index (χ4n) is 2.12. The Balaban J connectivity index is 1.70. The number of hydrogen-bond donors (Lipinski definition) is 1. The summed E-state index contributed by atoms with van der Waals surface area (Å²) < 4.78 is 5.76. The maximum Gasteiger partial charge on any atom is 0.0826 e. The van der Waals surface area contributed by atoms with Crippen molar-refractivity contribution in [2.45, 2.75) is 26.5 Å². The lowest BCUT2D eigenvalue weighted by molar-refractivity contribution is -0.0253. The summed E-state index contributed by atoms with van der Waals surface area (Å²) in [5.74, 6) is 0. The molecule has 2 rings (SSSR count). The molecule has 1 aromatic rings. The molecule has 1 saturated heterocycles. The third-order valence-electron chi connectivity index (χ3n) is 3.30. The predicted octanol–water partition coefficient (Wildman–Crippen LogP) is 1.87. The Bertz CT molecular complexity index is 340. The Morgan fingerprint density at radius 3 is 3.18 bits per heavy atom. The highest BCUT2D eigenvalue weighted by Gasteiger charge is 2.18. The van der Waals surface area contributed by atoms with E-state index < -0.39 is 0 Å². The van der Waals surface area contributed by atoms with Crippen LogP contribution in [0.4, 0.5) is 0 Å². The van der Waals surface area contributed by atoms with E-state index in [1.807, 2.05) is 11.3 Å². The van der Waals surface area contributed by atoms with Crippen LogP contribution in [0.5, 0.6) is 0 Å². The van der Waals surface area contributed by atoms with Gasteiger partial charge < -0.3 is 10.1 Å². The molecule has 0 spiro atoms. The van der Waals surface area contributed by atoms with Crippen LogP contribution in [0, 0.1) is 6.92 Å². The van der Waals surface area contributed by atoms with E-state index in [4.69, 9.17) is 4.74 Å². The number of thiophene rings is 1. The molecule has 0 amide bonds. The summed E-state index contributed by atoms with van der Waals surface area (Å²) in [7, 11) is 0. The zero-order chi connectivity index (χ0) is 12.1. The molecule has 0 aliphatic carbocycles. The third-order valence-corrected chi connectivity index (χ3v) is 4.32. The zero-order valence-electron chi connectivity index (χ0n) is 10.7.